The van der Waals surface area contributed by atoms with Gasteiger partial charge in [0.05, 0.1) is 34.5 Å². The molecule has 36 heavy (non-hydrogen) atoms. The van der Waals surface area contributed by atoms with E-state index in [1.165, 1.54) is 30.1 Å². The fraction of sp³-hybridized carbons (Fsp3) is 0.192. The van der Waals surface area contributed by atoms with Crippen LogP contribution in [-0.4, -0.2) is 31.4 Å². The quantitative estimate of drug-likeness (QED) is 0.302. The van der Waals surface area contributed by atoms with Gasteiger partial charge in [0.1, 0.15) is 24.1 Å². The number of esters is 1. The number of hydrogen-bond donors (Lipinski definition) is 0. The average molecular weight is 590 g/mol. The van der Waals surface area contributed by atoms with Gasteiger partial charge in [0.25, 0.3) is 5.56 Å². The van der Waals surface area contributed by atoms with Crippen LogP contribution in [0.2, 0.25) is 5.02 Å². The summed E-state index contributed by atoms with van der Waals surface area (Å²) in [7, 11) is 2.81. The van der Waals surface area contributed by atoms with Crippen LogP contribution in [0.1, 0.15) is 24.1 Å². The number of benzene rings is 2. The molecule has 0 aliphatic carbocycles. The highest BCUT2D eigenvalue weighted by Crippen LogP contribution is 2.37. The number of fused-ring (bicyclic) bond motifs is 1. The first-order valence-electron chi connectivity index (χ1n) is 10.8. The molecule has 0 saturated carbocycles. The fourth-order valence-corrected chi connectivity index (χ4v) is 5.67. The number of methoxy groups -OCH3 is 2. The van der Waals surface area contributed by atoms with Crippen molar-refractivity contribution in [2.75, 3.05) is 20.8 Å². The van der Waals surface area contributed by atoms with E-state index in [4.69, 9.17) is 25.8 Å². The van der Waals surface area contributed by atoms with Crippen LogP contribution in [0.15, 0.2) is 74.6 Å². The maximum atomic E-state index is 13.7. The minimum atomic E-state index is -0.828. The number of halogens is 2. The Bertz CT molecular complexity index is 1570. The summed E-state index contributed by atoms with van der Waals surface area (Å²) in [5.41, 5.74) is 1.73. The van der Waals surface area contributed by atoms with Crippen LogP contribution < -0.4 is 24.4 Å². The number of allylic oxidation sites excluding steroid dienone is 1. The third-order valence-corrected chi connectivity index (χ3v) is 7.36. The second-order valence-electron chi connectivity index (χ2n) is 7.75. The molecule has 186 valence electrons. The zero-order valence-corrected chi connectivity index (χ0v) is 22.9. The SMILES string of the molecule is C=CCOc1ccc(/C=c2\sc3n(c2=O)[C@@H](c2cc(Cl)ccc2OC)C(C(=O)OC)=C(C)N=3)cc1Br. The number of aromatic nitrogens is 1. The maximum absolute atomic E-state index is 13.7. The molecule has 1 aromatic heterocycles. The summed E-state index contributed by atoms with van der Waals surface area (Å²) in [6.07, 6.45) is 3.44. The Labute approximate surface area is 224 Å². The molecule has 0 radical (unpaired) electrons. The lowest BCUT2D eigenvalue weighted by Gasteiger charge is -2.25. The molecule has 0 saturated heterocycles. The van der Waals surface area contributed by atoms with Gasteiger partial charge in [-0.2, -0.15) is 0 Å². The number of thiazole rings is 1. The molecule has 0 unspecified atom stereocenters. The van der Waals surface area contributed by atoms with Crippen molar-refractivity contribution in [2.45, 2.75) is 13.0 Å². The third kappa shape index (κ3) is 4.91. The smallest absolute Gasteiger partial charge is 0.338 e. The maximum Gasteiger partial charge on any atom is 0.338 e. The van der Waals surface area contributed by atoms with Crippen molar-refractivity contribution >= 4 is 50.9 Å². The van der Waals surface area contributed by atoms with Gasteiger partial charge in [-0.3, -0.25) is 9.36 Å². The Balaban J connectivity index is 1.93. The summed E-state index contributed by atoms with van der Waals surface area (Å²) < 4.78 is 18.9. The molecule has 1 aliphatic heterocycles. The van der Waals surface area contributed by atoms with Crippen molar-refractivity contribution in [3.8, 4) is 11.5 Å². The molecule has 1 aliphatic rings. The molecule has 0 fully saturated rings. The second-order valence-corrected chi connectivity index (χ2v) is 10.0. The number of nitrogens with zero attached hydrogens (tertiary/aromatic N) is 2. The normalized spacial score (nSPS) is 15.2. The van der Waals surface area contributed by atoms with Gasteiger partial charge in [0.2, 0.25) is 0 Å². The number of carbonyl (C=O) groups excluding carboxylic acids is 1. The van der Waals surface area contributed by atoms with Crippen LogP contribution in [0.4, 0.5) is 0 Å². The second kappa shape index (κ2) is 10.9. The van der Waals surface area contributed by atoms with E-state index in [1.807, 2.05) is 18.2 Å². The zero-order valence-electron chi connectivity index (χ0n) is 19.7. The molecule has 7 nitrogen and oxygen atoms in total. The Morgan fingerprint density at radius 3 is 2.67 bits per heavy atom. The molecule has 1 atom stereocenters. The standard InChI is InChI=1S/C26H22BrClN2O5S/c1-5-10-35-20-8-6-15(11-18(20)27)12-21-24(31)30-23(17-13-16(28)7-9-19(17)33-3)22(25(32)34-4)14(2)29-26(30)36-21/h5-9,11-13,23H,1,10H2,2-4H3/b21-12-/t23-/m0/s1. The number of rotatable bonds is 7. The lowest BCUT2D eigenvalue weighted by Crippen LogP contribution is -2.40. The third-order valence-electron chi connectivity index (χ3n) is 5.52. The molecule has 10 heteroatoms. The van der Waals surface area contributed by atoms with Crippen molar-refractivity contribution in [1.82, 2.24) is 4.57 Å². The van der Waals surface area contributed by atoms with Gasteiger partial charge in [-0.15, -0.1) is 0 Å². The first kappa shape index (κ1) is 25.9. The molecule has 0 bridgehead atoms. The van der Waals surface area contributed by atoms with Gasteiger partial charge in [-0.25, -0.2) is 9.79 Å². The molecule has 2 aromatic carbocycles. The van der Waals surface area contributed by atoms with Gasteiger partial charge in [-0.1, -0.05) is 41.7 Å². The van der Waals surface area contributed by atoms with Gasteiger partial charge < -0.3 is 14.2 Å². The first-order valence-corrected chi connectivity index (χ1v) is 12.7. The molecule has 3 aromatic rings. The van der Waals surface area contributed by atoms with E-state index < -0.39 is 12.0 Å². The van der Waals surface area contributed by atoms with E-state index in [2.05, 4.69) is 27.5 Å². The fourth-order valence-electron chi connectivity index (χ4n) is 3.93. The van der Waals surface area contributed by atoms with Crippen LogP contribution in [0.3, 0.4) is 0 Å². The predicted molar refractivity (Wildman–Crippen MR) is 144 cm³/mol. The minimum Gasteiger partial charge on any atom is -0.496 e. The van der Waals surface area contributed by atoms with Crippen LogP contribution in [0.5, 0.6) is 11.5 Å². The molecular formula is C26H22BrClN2O5S. The molecule has 4 rings (SSSR count). The Kier molecular flexibility index (Phi) is 7.82. The van der Waals surface area contributed by atoms with Crippen LogP contribution >= 0.6 is 38.9 Å². The summed E-state index contributed by atoms with van der Waals surface area (Å²) >= 11 is 11.0. The monoisotopic (exact) mass is 588 g/mol. The van der Waals surface area contributed by atoms with Gasteiger partial charge in [-0.05, 0) is 64.8 Å². The van der Waals surface area contributed by atoms with E-state index >= 15 is 0 Å². The van der Waals surface area contributed by atoms with Crippen molar-refractivity contribution in [3.63, 3.8) is 0 Å². The number of ether oxygens (including phenoxy) is 3. The molecule has 2 heterocycles. The van der Waals surface area contributed by atoms with Gasteiger partial charge in [0, 0.05) is 10.6 Å². The van der Waals surface area contributed by atoms with Crippen LogP contribution in [-0.2, 0) is 9.53 Å². The van der Waals surface area contributed by atoms with Crippen molar-refractivity contribution in [1.29, 1.82) is 0 Å². The van der Waals surface area contributed by atoms with E-state index in [0.29, 0.717) is 43.7 Å². The summed E-state index contributed by atoms with van der Waals surface area (Å²) in [6.45, 7) is 5.75. The highest BCUT2D eigenvalue weighted by molar-refractivity contribution is 9.10. The molecular weight excluding hydrogens is 568 g/mol. The summed E-state index contributed by atoms with van der Waals surface area (Å²) in [6, 6.07) is 9.76. The number of hydrogen-bond acceptors (Lipinski definition) is 7. The van der Waals surface area contributed by atoms with Crippen LogP contribution in [0, 0.1) is 0 Å². The Hall–Kier alpha value is -3.14. The van der Waals surface area contributed by atoms with Crippen molar-refractivity contribution in [2.24, 2.45) is 4.99 Å². The first-order chi connectivity index (χ1) is 17.3. The van der Waals surface area contributed by atoms with Crippen molar-refractivity contribution in [3.05, 3.63) is 101 Å². The van der Waals surface area contributed by atoms with Crippen LogP contribution in [0.25, 0.3) is 6.08 Å². The topological polar surface area (TPSA) is 79.1 Å². The largest absolute Gasteiger partial charge is 0.496 e. The molecule has 0 N–H and O–H groups in total. The summed E-state index contributed by atoms with van der Waals surface area (Å²) in [4.78, 5) is 31.6. The van der Waals surface area contributed by atoms with E-state index in [0.717, 1.165) is 10.0 Å². The van der Waals surface area contributed by atoms with Gasteiger partial charge >= 0.3 is 5.97 Å². The van der Waals surface area contributed by atoms with Crippen molar-refractivity contribution < 1.29 is 19.0 Å². The Morgan fingerprint density at radius 1 is 1.25 bits per heavy atom. The van der Waals surface area contributed by atoms with E-state index in [-0.39, 0.29) is 11.1 Å². The summed E-state index contributed by atoms with van der Waals surface area (Å²) in [5.74, 6) is 0.561. The van der Waals surface area contributed by atoms with E-state index in [1.54, 1.807) is 37.3 Å². The van der Waals surface area contributed by atoms with E-state index in [9.17, 15) is 9.59 Å². The summed E-state index contributed by atoms with van der Waals surface area (Å²) in [5, 5.41) is 0.440. The predicted octanol–water partition coefficient (Wildman–Crippen LogP) is 4.40. The highest BCUT2D eigenvalue weighted by Gasteiger charge is 2.35. The Morgan fingerprint density at radius 2 is 2.00 bits per heavy atom. The lowest BCUT2D eigenvalue weighted by atomic mass is 9.95. The van der Waals surface area contributed by atoms with Gasteiger partial charge in [0.15, 0.2) is 4.80 Å². The lowest BCUT2D eigenvalue weighted by molar-refractivity contribution is -0.136. The average Bonchev–Trinajstić information content (AvgIpc) is 3.16. The zero-order chi connectivity index (χ0) is 26.0. The number of carbonyl (C=O) groups is 1. The highest BCUT2D eigenvalue weighted by atomic mass is 79.9. The minimum absolute atomic E-state index is 0.239. The molecule has 0 amide bonds. The molecule has 0 spiro atoms.